The first-order valence-electron chi connectivity index (χ1n) is 8.69. The largest absolute Gasteiger partial charge is 0.349 e. The van der Waals surface area contributed by atoms with Crippen molar-refractivity contribution >= 4 is 39.7 Å². The van der Waals surface area contributed by atoms with Crippen LogP contribution in [0.3, 0.4) is 0 Å². The molecule has 0 saturated carbocycles. The van der Waals surface area contributed by atoms with Crippen LogP contribution in [0.25, 0.3) is 0 Å². The van der Waals surface area contributed by atoms with Crippen molar-refractivity contribution in [2.24, 2.45) is 17.6 Å². The van der Waals surface area contributed by atoms with Gasteiger partial charge in [-0.25, -0.2) is 8.42 Å². The molecule has 2 atom stereocenters. The van der Waals surface area contributed by atoms with Crippen LogP contribution < -0.4 is 11.1 Å². The second-order valence-corrected chi connectivity index (χ2v) is 10.8. The van der Waals surface area contributed by atoms with Gasteiger partial charge in [-0.1, -0.05) is 13.8 Å². The molecule has 1 saturated heterocycles. The molecule has 150 valence electrons. The summed E-state index contributed by atoms with van der Waals surface area (Å²) < 4.78 is 27.4. The Labute approximate surface area is 167 Å². The van der Waals surface area contributed by atoms with E-state index in [1.807, 2.05) is 27.7 Å². The number of piperidine rings is 1. The Hall–Kier alpha value is -0.670. The van der Waals surface area contributed by atoms with E-state index in [-0.39, 0.29) is 36.7 Å². The molecule has 0 bridgehead atoms. The Morgan fingerprint density at radius 3 is 2.62 bits per heavy atom. The lowest BCUT2D eigenvalue weighted by molar-refractivity contribution is -0.128. The number of carbonyl (C=O) groups is 1. The number of rotatable bonds is 6. The molecule has 1 aromatic heterocycles. The number of sulfonamides is 1. The van der Waals surface area contributed by atoms with Crippen molar-refractivity contribution < 1.29 is 13.2 Å². The molecule has 2 rings (SSSR count). The normalized spacial score (nSPS) is 21.1. The highest BCUT2D eigenvalue weighted by Crippen LogP contribution is 2.28. The Bertz CT molecular complexity index is 721. The minimum Gasteiger partial charge on any atom is -0.349 e. The fourth-order valence-corrected chi connectivity index (χ4v) is 5.83. The molecular weight excluding hydrogens is 394 g/mol. The molecule has 1 aromatic rings. The van der Waals surface area contributed by atoms with Crippen LogP contribution in [0.1, 0.15) is 38.5 Å². The molecule has 6 nitrogen and oxygen atoms in total. The molecule has 9 heteroatoms. The molecule has 0 spiro atoms. The van der Waals surface area contributed by atoms with Gasteiger partial charge in [0.2, 0.25) is 5.91 Å². The molecule has 1 aliphatic rings. The summed E-state index contributed by atoms with van der Waals surface area (Å²) in [7, 11) is -3.53. The molecule has 0 radical (unpaired) electrons. The van der Waals surface area contributed by atoms with Gasteiger partial charge in [-0.2, -0.15) is 4.31 Å². The summed E-state index contributed by atoms with van der Waals surface area (Å²) in [4.78, 5) is 13.7. The monoisotopic (exact) mass is 423 g/mol. The van der Waals surface area contributed by atoms with Crippen LogP contribution in [0.5, 0.6) is 0 Å². The standard InChI is InChI=1S/C17H29N3O3S2.ClH/c1-12(2)17(4,11-18)19-16(21)14-6-5-9-20(10-14)25(22,23)15-8-7-13(3)24-15;/h7-8,12,14H,5-6,9-11,18H2,1-4H3,(H,19,21);1H. The molecule has 1 fully saturated rings. The predicted molar refractivity (Wildman–Crippen MR) is 108 cm³/mol. The third-order valence-corrected chi connectivity index (χ3v) is 8.51. The molecule has 1 amide bonds. The van der Waals surface area contributed by atoms with Crippen LogP contribution >= 0.6 is 23.7 Å². The fourth-order valence-electron chi connectivity index (χ4n) is 2.87. The minimum absolute atomic E-state index is 0. The van der Waals surface area contributed by atoms with Gasteiger partial charge in [0.25, 0.3) is 10.0 Å². The first-order chi connectivity index (χ1) is 11.6. The van der Waals surface area contributed by atoms with E-state index in [2.05, 4.69) is 5.32 Å². The van der Waals surface area contributed by atoms with Crippen molar-refractivity contribution in [3.05, 3.63) is 17.0 Å². The van der Waals surface area contributed by atoms with Crippen LogP contribution in [-0.2, 0) is 14.8 Å². The SMILES string of the molecule is Cc1ccc(S(=O)(=O)N2CCCC(C(=O)NC(C)(CN)C(C)C)C2)s1.Cl. The topological polar surface area (TPSA) is 92.5 Å². The van der Waals surface area contributed by atoms with Crippen LogP contribution in [0, 0.1) is 18.8 Å². The molecule has 26 heavy (non-hydrogen) atoms. The number of halogens is 1. The van der Waals surface area contributed by atoms with Crippen molar-refractivity contribution in [2.75, 3.05) is 19.6 Å². The van der Waals surface area contributed by atoms with Crippen LogP contribution in [-0.4, -0.2) is 43.8 Å². The summed E-state index contributed by atoms with van der Waals surface area (Å²) in [6.07, 6.45) is 1.38. The van der Waals surface area contributed by atoms with E-state index in [1.54, 1.807) is 12.1 Å². The average molecular weight is 424 g/mol. The smallest absolute Gasteiger partial charge is 0.252 e. The number of hydrogen-bond donors (Lipinski definition) is 2. The summed E-state index contributed by atoms with van der Waals surface area (Å²) in [6, 6.07) is 3.45. The molecule has 2 heterocycles. The van der Waals surface area contributed by atoms with Gasteiger partial charge in [0.05, 0.1) is 11.5 Å². The second-order valence-electron chi connectivity index (χ2n) is 7.33. The number of aryl methyl sites for hydroxylation is 1. The Balaban J connectivity index is 0.00000338. The molecular formula is C17H30ClN3O3S2. The maximum Gasteiger partial charge on any atom is 0.252 e. The molecule has 0 aromatic carbocycles. The quantitative estimate of drug-likeness (QED) is 0.734. The summed E-state index contributed by atoms with van der Waals surface area (Å²) >= 11 is 1.27. The van der Waals surface area contributed by atoms with Gasteiger partial charge < -0.3 is 11.1 Å². The number of nitrogens with zero attached hydrogens (tertiary/aromatic N) is 1. The number of amides is 1. The van der Waals surface area contributed by atoms with E-state index in [4.69, 9.17) is 5.73 Å². The highest BCUT2D eigenvalue weighted by Gasteiger charge is 2.37. The van der Waals surface area contributed by atoms with Gasteiger partial charge in [0.1, 0.15) is 4.21 Å². The maximum atomic E-state index is 12.8. The van der Waals surface area contributed by atoms with Crippen molar-refractivity contribution in [1.82, 2.24) is 9.62 Å². The summed E-state index contributed by atoms with van der Waals surface area (Å²) in [5, 5.41) is 3.05. The van der Waals surface area contributed by atoms with Gasteiger partial charge in [-0.15, -0.1) is 23.7 Å². The van der Waals surface area contributed by atoms with E-state index in [9.17, 15) is 13.2 Å². The van der Waals surface area contributed by atoms with E-state index >= 15 is 0 Å². The zero-order chi connectivity index (χ0) is 18.8. The van der Waals surface area contributed by atoms with Gasteiger partial charge in [0, 0.05) is 24.5 Å². The Kier molecular flexibility index (Phi) is 8.10. The Morgan fingerprint density at radius 1 is 1.46 bits per heavy atom. The highest BCUT2D eigenvalue weighted by atomic mass is 35.5. The predicted octanol–water partition coefficient (Wildman–Crippen LogP) is 2.37. The number of nitrogens with one attached hydrogen (secondary N) is 1. The zero-order valence-electron chi connectivity index (χ0n) is 15.8. The second kappa shape index (κ2) is 9.01. The third-order valence-electron chi connectivity index (χ3n) is 5.17. The molecule has 2 unspecified atom stereocenters. The van der Waals surface area contributed by atoms with Crippen molar-refractivity contribution in [2.45, 2.75) is 50.3 Å². The summed E-state index contributed by atoms with van der Waals surface area (Å²) in [6.45, 7) is 8.88. The lowest BCUT2D eigenvalue weighted by Gasteiger charge is -2.37. The highest BCUT2D eigenvalue weighted by molar-refractivity contribution is 7.91. The zero-order valence-corrected chi connectivity index (χ0v) is 18.3. The van der Waals surface area contributed by atoms with Crippen LogP contribution in [0.4, 0.5) is 0 Å². The van der Waals surface area contributed by atoms with E-state index in [0.717, 1.165) is 4.88 Å². The average Bonchev–Trinajstić information content (AvgIpc) is 3.02. The summed E-state index contributed by atoms with van der Waals surface area (Å²) in [5.74, 6) is -0.253. The molecule has 0 aliphatic carbocycles. The van der Waals surface area contributed by atoms with Crippen LogP contribution in [0.2, 0.25) is 0 Å². The first-order valence-corrected chi connectivity index (χ1v) is 10.9. The van der Waals surface area contributed by atoms with E-state index < -0.39 is 15.6 Å². The lowest BCUT2D eigenvalue weighted by Crippen LogP contribution is -2.57. The molecule has 1 aliphatic heterocycles. The van der Waals surface area contributed by atoms with Crippen molar-refractivity contribution in [3.63, 3.8) is 0 Å². The number of thiophene rings is 1. The minimum atomic E-state index is -3.53. The number of carbonyl (C=O) groups excluding carboxylic acids is 1. The van der Waals surface area contributed by atoms with Gasteiger partial charge in [-0.05, 0) is 44.7 Å². The van der Waals surface area contributed by atoms with Crippen LogP contribution in [0.15, 0.2) is 16.3 Å². The first kappa shape index (κ1) is 23.4. The van der Waals surface area contributed by atoms with Gasteiger partial charge in [0.15, 0.2) is 0 Å². The van der Waals surface area contributed by atoms with Crippen molar-refractivity contribution in [1.29, 1.82) is 0 Å². The molecule has 3 N–H and O–H groups in total. The van der Waals surface area contributed by atoms with Gasteiger partial charge >= 0.3 is 0 Å². The maximum absolute atomic E-state index is 12.8. The number of nitrogens with two attached hydrogens (primary N) is 1. The van der Waals surface area contributed by atoms with E-state index in [0.29, 0.717) is 30.1 Å². The van der Waals surface area contributed by atoms with Crippen molar-refractivity contribution in [3.8, 4) is 0 Å². The lowest BCUT2D eigenvalue weighted by atomic mass is 9.87. The van der Waals surface area contributed by atoms with Gasteiger partial charge in [-0.3, -0.25) is 4.79 Å². The fraction of sp³-hybridized carbons (Fsp3) is 0.706. The Morgan fingerprint density at radius 2 is 2.12 bits per heavy atom. The van der Waals surface area contributed by atoms with E-state index in [1.165, 1.54) is 15.6 Å². The summed E-state index contributed by atoms with van der Waals surface area (Å²) in [5.41, 5.74) is 5.36. The third kappa shape index (κ3) is 4.98. The number of hydrogen-bond acceptors (Lipinski definition) is 5.